The van der Waals surface area contributed by atoms with E-state index in [1.165, 1.54) is 5.56 Å². The summed E-state index contributed by atoms with van der Waals surface area (Å²) in [5.41, 5.74) is 3.40. The smallest absolute Gasteiger partial charge is 0.345 e. The van der Waals surface area contributed by atoms with Crippen LogP contribution >= 0.6 is 0 Å². The molecule has 1 unspecified atom stereocenters. The molecule has 5 aromatic carbocycles. The second-order valence-corrected chi connectivity index (χ2v) is 9.87. The summed E-state index contributed by atoms with van der Waals surface area (Å²) in [6.45, 7) is 0. The molecule has 1 atom stereocenters. The number of ether oxygens (including phenoxy) is 3. The fraction of sp³-hybridized carbons (Fsp3) is 0.114. The van der Waals surface area contributed by atoms with Crippen LogP contribution in [0.5, 0.6) is 11.5 Å². The van der Waals surface area contributed by atoms with E-state index in [1.807, 2.05) is 91.0 Å². The van der Waals surface area contributed by atoms with Crippen molar-refractivity contribution in [3.63, 3.8) is 0 Å². The second kappa shape index (κ2) is 9.48. The molecule has 2 aliphatic heterocycles. The van der Waals surface area contributed by atoms with Crippen molar-refractivity contribution in [2.24, 2.45) is 0 Å². The molecule has 0 fully saturated rings. The van der Waals surface area contributed by atoms with Crippen molar-refractivity contribution in [2.75, 3.05) is 0 Å². The van der Waals surface area contributed by atoms with E-state index in [2.05, 4.69) is 36.4 Å². The third-order valence-electron chi connectivity index (χ3n) is 7.51. The Morgan fingerprint density at radius 2 is 1.21 bits per heavy atom. The molecular weight excluding hydrogens is 484 g/mol. The van der Waals surface area contributed by atoms with Crippen LogP contribution in [0.2, 0.25) is 0 Å². The maximum atomic E-state index is 13.5. The fourth-order valence-electron chi connectivity index (χ4n) is 5.61. The average molecular weight is 511 g/mol. The number of hydrogen-bond acceptors (Lipinski definition) is 4. The number of carbonyl (C=O) groups excluding carboxylic acids is 1. The highest BCUT2D eigenvalue weighted by atomic mass is 16.7. The first-order valence-corrected chi connectivity index (χ1v) is 13.2. The van der Waals surface area contributed by atoms with E-state index in [1.54, 1.807) is 0 Å². The average Bonchev–Trinajstić information content (AvgIpc) is 3.01. The highest BCUT2D eigenvalue weighted by Gasteiger charge is 2.41. The lowest BCUT2D eigenvalue weighted by Gasteiger charge is -2.38. The predicted octanol–water partition coefficient (Wildman–Crippen LogP) is 7.70. The van der Waals surface area contributed by atoms with Crippen molar-refractivity contribution < 1.29 is 19.0 Å². The minimum absolute atomic E-state index is 0.392. The normalized spacial score (nSPS) is 16.9. The van der Waals surface area contributed by atoms with Crippen LogP contribution in [0.25, 0.3) is 16.8 Å². The van der Waals surface area contributed by atoms with Gasteiger partial charge in [-0.25, -0.2) is 4.79 Å². The molecule has 0 N–H and O–H groups in total. The molecule has 0 spiro atoms. The summed E-state index contributed by atoms with van der Waals surface area (Å²) in [5.74, 6) is 0.804. The van der Waals surface area contributed by atoms with Gasteiger partial charge in [0.1, 0.15) is 17.1 Å². The molecule has 39 heavy (non-hydrogen) atoms. The highest BCUT2D eigenvalue weighted by molar-refractivity contribution is 6.09. The molecule has 0 aliphatic carbocycles. The van der Waals surface area contributed by atoms with E-state index in [4.69, 9.17) is 14.2 Å². The SMILES string of the molecule is O=C1OC(CCc2ccccc2)Oc2c1c1c(c3ccccc23)OC(c2ccccc2)(c2ccccc2)C=C1. The van der Waals surface area contributed by atoms with Crippen LogP contribution in [-0.4, -0.2) is 12.3 Å². The third-order valence-corrected chi connectivity index (χ3v) is 7.51. The first-order valence-electron chi connectivity index (χ1n) is 13.2. The number of carbonyl (C=O) groups is 1. The molecule has 0 amide bonds. The Kier molecular flexibility index (Phi) is 5.66. The Labute approximate surface area is 227 Å². The molecule has 7 rings (SSSR count). The zero-order valence-electron chi connectivity index (χ0n) is 21.2. The van der Waals surface area contributed by atoms with Gasteiger partial charge in [-0.05, 0) is 24.1 Å². The van der Waals surface area contributed by atoms with Gasteiger partial charge < -0.3 is 14.2 Å². The molecule has 2 aliphatic rings. The van der Waals surface area contributed by atoms with Crippen molar-refractivity contribution in [2.45, 2.75) is 24.7 Å². The predicted molar refractivity (Wildman–Crippen MR) is 152 cm³/mol. The molecule has 5 aromatic rings. The summed E-state index contributed by atoms with van der Waals surface area (Å²) in [7, 11) is 0. The maximum Gasteiger partial charge on any atom is 0.345 e. The van der Waals surface area contributed by atoms with Gasteiger partial charge in [-0.15, -0.1) is 0 Å². The largest absolute Gasteiger partial charge is 0.472 e. The number of benzene rings is 5. The van der Waals surface area contributed by atoms with Gasteiger partial charge in [0.2, 0.25) is 6.29 Å². The Balaban J connectivity index is 1.35. The third kappa shape index (κ3) is 3.96. The summed E-state index contributed by atoms with van der Waals surface area (Å²) in [6.07, 6.45) is 4.67. The number of rotatable bonds is 5. The molecule has 4 heteroatoms. The van der Waals surface area contributed by atoms with Crippen molar-refractivity contribution in [3.05, 3.63) is 149 Å². The van der Waals surface area contributed by atoms with Crippen LogP contribution in [0.3, 0.4) is 0 Å². The maximum absolute atomic E-state index is 13.5. The minimum Gasteiger partial charge on any atom is -0.472 e. The lowest BCUT2D eigenvalue weighted by atomic mass is 9.82. The van der Waals surface area contributed by atoms with E-state index < -0.39 is 17.9 Å². The van der Waals surface area contributed by atoms with Crippen molar-refractivity contribution in [1.29, 1.82) is 0 Å². The van der Waals surface area contributed by atoms with Gasteiger partial charge in [-0.2, -0.15) is 0 Å². The number of fused-ring (bicyclic) bond motifs is 6. The quantitative estimate of drug-likeness (QED) is 0.227. The van der Waals surface area contributed by atoms with Crippen LogP contribution in [0, 0.1) is 0 Å². The van der Waals surface area contributed by atoms with Crippen molar-refractivity contribution in [3.8, 4) is 11.5 Å². The van der Waals surface area contributed by atoms with Gasteiger partial charge in [0.25, 0.3) is 0 Å². The summed E-state index contributed by atoms with van der Waals surface area (Å²) in [6, 6.07) is 38.4. The van der Waals surface area contributed by atoms with Gasteiger partial charge in [-0.1, -0.05) is 115 Å². The molecule has 190 valence electrons. The summed E-state index contributed by atoms with van der Waals surface area (Å²) < 4.78 is 19.2. The van der Waals surface area contributed by atoms with E-state index >= 15 is 0 Å². The molecule has 0 saturated heterocycles. The first-order chi connectivity index (χ1) is 19.2. The molecule has 0 bridgehead atoms. The fourth-order valence-corrected chi connectivity index (χ4v) is 5.61. The summed E-state index contributed by atoms with van der Waals surface area (Å²) in [5, 5.41) is 1.72. The van der Waals surface area contributed by atoms with Crippen molar-refractivity contribution in [1.82, 2.24) is 0 Å². The molecular formula is C35H26O4. The lowest BCUT2D eigenvalue weighted by molar-refractivity contribution is -0.0627. The molecule has 2 heterocycles. The zero-order chi connectivity index (χ0) is 26.2. The Bertz CT molecular complexity index is 1650. The van der Waals surface area contributed by atoms with Gasteiger partial charge in [0.05, 0.1) is 0 Å². The number of hydrogen-bond donors (Lipinski definition) is 0. The van der Waals surface area contributed by atoms with E-state index in [9.17, 15) is 4.79 Å². The number of esters is 1. The van der Waals surface area contributed by atoms with Gasteiger partial charge in [0.15, 0.2) is 5.60 Å². The molecule has 0 radical (unpaired) electrons. The highest BCUT2D eigenvalue weighted by Crippen LogP contribution is 2.50. The zero-order valence-corrected chi connectivity index (χ0v) is 21.2. The number of aryl methyl sites for hydroxylation is 1. The van der Waals surface area contributed by atoms with Crippen LogP contribution in [0.15, 0.2) is 121 Å². The van der Waals surface area contributed by atoms with Crippen molar-refractivity contribution >= 4 is 22.8 Å². The molecule has 0 saturated carbocycles. The van der Waals surface area contributed by atoms with Gasteiger partial charge in [0, 0.05) is 33.9 Å². The van der Waals surface area contributed by atoms with E-state index in [-0.39, 0.29) is 0 Å². The standard InChI is InChI=1S/C35H26O4/c36-34-31-29-22-23-35(25-14-6-2-7-15-25,26-16-8-3-9-17-26)39-32(29)27-18-10-11-19-28(27)33(31)37-30(38-34)21-20-24-12-4-1-5-13-24/h1-19,22-23,30H,20-21H2. The monoisotopic (exact) mass is 510 g/mol. The first kappa shape index (κ1) is 23.3. The molecule has 0 aromatic heterocycles. The Morgan fingerprint density at radius 1 is 0.641 bits per heavy atom. The van der Waals surface area contributed by atoms with Crippen LogP contribution in [-0.2, 0) is 16.8 Å². The second-order valence-electron chi connectivity index (χ2n) is 9.87. The van der Waals surface area contributed by atoms with E-state index in [0.717, 1.165) is 28.3 Å². The summed E-state index contributed by atoms with van der Waals surface area (Å²) >= 11 is 0. The van der Waals surface area contributed by atoms with E-state index in [0.29, 0.717) is 29.0 Å². The summed E-state index contributed by atoms with van der Waals surface area (Å²) in [4.78, 5) is 13.5. The van der Waals surface area contributed by atoms with Crippen LogP contribution < -0.4 is 9.47 Å². The topological polar surface area (TPSA) is 44.8 Å². The number of cyclic esters (lactones) is 1. The molecule has 4 nitrogen and oxygen atoms in total. The minimum atomic E-state index is -0.857. The van der Waals surface area contributed by atoms with Gasteiger partial charge in [-0.3, -0.25) is 0 Å². The Morgan fingerprint density at radius 3 is 1.85 bits per heavy atom. The lowest BCUT2D eigenvalue weighted by Crippen LogP contribution is -2.36. The Hall–Kier alpha value is -4.83. The van der Waals surface area contributed by atoms with Gasteiger partial charge >= 0.3 is 5.97 Å². The van der Waals surface area contributed by atoms with Crippen LogP contribution in [0.4, 0.5) is 0 Å². The van der Waals surface area contributed by atoms with Crippen LogP contribution in [0.1, 0.15) is 39.0 Å².